The van der Waals surface area contributed by atoms with Gasteiger partial charge in [0.15, 0.2) is 0 Å². The zero-order valence-corrected chi connectivity index (χ0v) is 23.3. The average molecular weight is 550 g/mol. The quantitative estimate of drug-likeness (QED) is 0.499. The number of carbonyl (C=O) groups excluding carboxylic acids is 1. The number of anilines is 1. The summed E-state index contributed by atoms with van der Waals surface area (Å²) >= 11 is 6.47. The molecule has 1 N–H and O–H groups in total. The van der Waals surface area contributed by atoms with Gasteiger partial charge in [0.1, 0.15) is 11.6 Å². The third-order valence-electron chi connectivity index (χ3n) is 7.32. The molecule has 2 aromatic rings. The molecule has 9 nitrogen and oxygen atoms in total. The Hall–Kier alpha value is -2.14. The minimum atomic E-state index is -3.39. The van der Waals surface area contributed by atoms with E-state index in [1.54, 1.807) is 32.3 Å². The van der Waals surface area contributed by atoms with Crippen molar-refractivity contribution in [3.63, 3.8) is 0 Å². The highest BCUT2D eigenvalue weighted by atomic mass is 35.5. The van der Waals surface area contributed by atoms with Gasteiger partial charge in [0.05, 0.1) is 28.4 Å². The van der Waals surface area contributed by atoms with Crippen LogP contribution in [-0.4, -0.2) is 71.1 Å². The van der Waals surface area contributed by atoms with Gasteiger partial charge in [-0.05, 0) is 58.4 Å². The Balaban J connectivity index is 1.46. The van der Waals surface area contributed by atoms with Crippen molar-refractivity contribution in [2.24, 2.45) is 11.8 Å². The number of nitrogens with zero attached hydrogens (tertiary/aromatic N) is 4. The second kappa shape index (κ2) is 12.1. The van der Waals surface area contributed by atoms with Crippen LogP contribution in [0.15, 0.2) is 24.7 Å². The van der Waals surface area contributed by atoms with E-state index >= 15 is 0 Å². The fraction of sp³-hybridized carbons (Fsp3) is 0.615. The molecule has 2 aliphatic heterocycles. The number of ether oxygens (including phenoxy) is 1. The van der Waals surface area contributed by atoms with E-state index in [0.717, 1.165) is 26.1 Å². The van der Waals surface area contributed by atoms with Crippen LogP contribution in [0, 0.1) is 11.8 Å². The van der Waals surface area contributed by atoms with Gasteiger partial charge in [0.25, 0.3) is 0 Å². The number of hydrogen-bond acceptors (Lipinski definition) is 8. The maximum atomic E-state index is 13.1. The number of rotatable bonds is 9. The van der Waals surface area contributed by atoms with E-state index in [1.807, 2.05) is 0 Å². The Labute approximate surface area is 224 Å². The van der Waals surface area contributed by atoms with Gasteiger partial charge < -0.3 is 10.1 Å². The molecule has 0 spiro atoms. The second-order valence-corrected chi connectivity index (χ2v) is 13.2. The molecule has 4 rings (SSSR count). The van der Waals surface area contributed by atoms with Gasteiger partial charge in [-0.15, -0.1) is 0 Å². The minimum absolute atomic E-state index is 0.0174. The van der Waals surface area contributed by atoms with E-state index in [0.29, 0.717) is 53.1 Å². The number of carbonyl (C=O) groups is 1. The maximum Gasteiger partial charge on any atom is 0.216 e. The topological polar surface area (TPSA) is 114 Å². The van der Waals surface area contributed by atoms with Gasteiger partial charge in [0.2, 0.25) is 10.0 Å². The Morgan fingerprint density at radius 1 is 1.19 bits per heavy atom. The summed E-state index contributed by atoms with van der Waals surface area (Å²) in [5.74, 6) is 0.807. The molecular weight excluding hydrogens is 514 g/mol. The first-order valence-corrected chi connectivity index (χ1v) is 14.9. The van der Waals surface area contributed by atoms with E-state index in [2.05, 4.69) is 22.2 Å². The Morgan fingerprint density at radius 2 is 1.95 bits per heavy atom. The van der Waals surface area contributed by atoms with Gasteiger partial charge in [-0.2, -0.15) is 0 Å². The van der Waals surface area contributed by atoms with Crippen molar-refractivity contribution >= 4 is 33.2 Å². The molecule has 4 heterocycles. The lowest BCUT2D eigenvalue weighted by Crippen LogP contribution is -2.45. The number of piperidine rings is 1. The molecule has 37 heavy (non-hydrogen) atoms. The number of aromatic nitrogens is 3. The molecule has 2 saturated heterocycles. The second-order valence-electron chi connectivity index (χ2n) is 10.3. The van der Waals surface area contributed by atoms with Crippen LogP contribution in [0.3, 0.4) is 0 Å². The number of Topliss-reactive ketones (excluding diaryl/α,β-unsaturated/α-hetero) is 1. The lowest BCUT2D eigenvalue weighted by molar-refractivity contribution is -0.123. The van der Waals surface area contributed by atoms with Crippen molar-refractivity contribution in [1.82, 2.24) is 19.3 Å². The van der Waals surface area contributed by atoms with Crippen molar-refractivity contribution < 1.29 is 17.9 Å². The number of pyridine rings is 1. The summed E-state index contributed by atoms with van der Waals surface area (Å²) < 4.78 is 32.1. The molecule has 0 unspecified atom stereocenters. The normalized spacial score (nSPS) is 20.6. The molecule has 2 fully saturated rings. The standard InChI is InChI=1S/C26H36ClN5O4S/c1-17(2)37(34,35)32-8-4-5-20(16-32)25(33)12-21-11-22(23(27)13-29-21)24-14-28-15-26(31-24)30-18(3)19-6-9-36-10-7-19/h11,13-15,17-20H,4-10,12,16H2,1-3H3,(H,30,31)/t18-,20-/m1/s1. The van der Waals surface area contributed by atoms with Gasteiger partial charge in [0, 0.05) is 62.1 Å². The first-order valence-electron chi connectivity index (χ1n) is 13.0. The lowest BCUT2D eigenvalue weighted by Gasteiger charge is -2.32. The third kappa shape index (κ3) is 6.85. The number of halogens is 1. The van der Waals surface area contributed by atoms with Crippen molar-refractivity contribution in [2.45, 2.75) is 64.2 Å². The summed E-state index contributed by atoms with van der Waals surface area (Å²) in [4.78, 5) is 26.6. The van der Waals surface area contributed by atoms with Crippen molar-refractivity contribution in [3.05, 3.63) is 35.4 Å². The summed E-state index contributed by atoms with van der Waals surface area (Å²) in [5, 5.41) is 3.38. The molecule has 0 bridgehead atoms. The van der Waals surface area contributed by atoms with E-state index in [9.17, 15) is 13.2 Å². The maximum absolute atomic E-state index is 13.1. The van der Waals surface area contributed by atoms with Crippen LogP contribution < -0.4 is 5.32 Å². The fourth-order valence-electron chi connectivity index (χ4n) is 4.96. The Kier molecular flexibility index (Phi) is 9.15. The third-order valence-corrected chi connectivity index (χ3v) is 9.87. The highest BCUT2D eigenvalue weighted by Crippen LogP contribution is 2.29. The molecule has 2 aromatic heterocycles. The molecule has 0 aromatic carbocycles. The number of ketones is 1. The zero-order chi connectivity index (χ0) is 26.6. The highest BCUT2D eigenvalue weighted by Gasteiger charge is 2.34. The molecule has 202 valence electrons. The SMILES string of the molecule is CC(C)S(=O)(=O)N1CCC[C@@H](C(=O)Cc2cc(-c3cncc(N[C@H](C)C4CCOCC4)n3)c(Cl)cn2)C1. The predicted octanol–water partition coefficient (Wildman–Crippen LogP) is 3.98. The molecule has 0 radical (unpaired) electrons. The first-order chi connectivity index (χ1) is 17.6. The Bertz CT molecular complexity index is 1200. The highest BCUT2D eigenvalue weighted by molar-refractivity contribution is 7.89. The van der Waals surface area contributed by atoms with Crippen molar-refractivity contribution in [1.29, 1.82) is 0 Å². The number of sulfonamides is 1. The van der Waals surface area contributed by atoms with Crippen LogP contribution in [0.1, 0.15) is 52.1 Å². The molecule has 2 atom stereocenters. The summed E-state index contributed by atoms with van der Waals surface area (Å²) in [6, 6.07) is 2.01. The smallest absolute Gasteiger partial charge is 0.216 e. The molecule has 11 heteroatoms. The van der Waals surface area contributed by atoms with Gasteiger partial charge in [-0.25, -0.2) is 17.7 Å². The molecule has 2 aliphatic rings. The van der Waals surface area contributed by atoms with Crippen LogP contribution in [-0.2, 0) is 26.0 Å². The van der Waals surface area contributed by atoms with Crippen LogP contribution in [0.25, 0.3) is 11.3 Å². The van der Waals surface area contributed by atoms with E-state index in [1.165, 1.54) is 10.5 Å². The van der Waals surface area contributed by atoms with Gasteiger partial charge in [-0.3, -0.25) is 14.8 Å². The monoisotopic (exact) mass is 549 g/mol. The van der Waals surface area contributed by atoms with Crippen LogP contribution >= 0.6 is 11.6 Å². The van der Waals surface area contributed by atoms with Gasteiger partial charge in [-0.1, -0.05) is 11.6 Å². The summed E-state index contributed by atoms with van der Waals surface area (Å²) in [6.45, 7) is 7.73. The van der Waals surface area contributed by atoms with Crippen molar-refractivity contribution in [3.8, 4) is 11.3 Å². The number of hydrogen-bond donors (Lipinski definition) is 1. The zero-order valence-electron chi connectivity index (χ0n) is 21.7. The summed E-state index contributed by atoms with van der Waals surface area (Å²) in [7, 11) is -3.39. The fourth-order valence-corrected chi connectivity index (χ4v) is 6.53. The molecule has 0 amide bonds. The predicted molar refractivity (Wildman–Crippen MR) is 144 cm³/mol. The summed E-state index contributed by atoms with van der Waals surface area (Å²) in [6.07, 6.45) is 8.34. The average Bonchev–Trinajstić information content (AvgIpc) is 2.90. The largest absolute Gasteiger partial charge is 0.381 e. The van der Waals surface area contributed by atoms with E-state index < -0.39 is 15.3 Å². The Morgan fingerprint density at radius 3 is 2.68 bits per heavy atom. The van der Waals surface area contributed by atoms with Crippen molar-refractivity contribution in [2.75, 3.05) is 31.6 Å². The van der Waals surface area contributed by atoms with Crippen LogP contribution in [0.4, 0.5) is 5.82 Å². The lowest BCUT2D eigenvalue weighted by atomic mass is 9.92. The number of nitrogens with one attached hydrogen (secondary N) is 1. The van der Waals surface area contributed by atoms with Crippen LogP contribution in [0.5, 0.6) is 0 Å². The van der Waals surface area contributed by atoms with E-state index in [4.69, 9.17) is 21.3 Å². The molecule has 0 aliphatic carbocycles. The first kappa shape index (κ1) is 27.9. The molecule has 0 saturated carbocycles. The van der Waals surface area contributed by atoms with Gasteiger partial charge >= 0.3 is 0 Å². The summed E-state index contributed by atoms with van der Waals surface area (Å²) in [5.41, 5.74) is 1.82. The van der Waals surface area contributed by atoms with E-state index in [-0.39, 0.29) is 30.7 Å². The molecular formula is C26H36ClN5O4S. The minimum Gasteiger partial charge on any atom is -0.381 e. The van der Waals surface area contributed by atoms with Crippen LogP contribution in [0.2, 0.25) is 5.02 Å².